The first-order valence-corrected chi connectivity index (χ1v) is 6.84. The zero-order valence-electron chi connectivity index (χ0n) is 11.8. The molecule has 0 bridgehead atoms. The summed E-state index contributed by atoms with van der Waals surface area (Å²) in [6, 6.07) is 12.9. The lowest BCUT2D eigenvalue weighted by Gasteiger charge is -2.11. The number of hydrogen-bond acceptors (Lipinski definition) is 3. The highest BCUT2D eigenvalue weighted by Crippen LogP contribution is 2.26. The van der Waals surface area contributed by atoms with Crippen LogP contribution in [0.4, 0.5) is 21.9 Å². The summed E-state index contributed by atoms with van der Waals surface area (Å²) in [5.41, 5.74) is 3.79. The van der Waals surface area contributed by atoms with Crippen LogP contribution in [0.15, 0.2) is 42.5 Å². The van der Waals surface area contributed by atoms with Crippen molar-refractivity contribution in [2.45, 2.75) is 6.42 Å². The summed E-state index contributed by atoms with van der Waals surface area (Å²) >= 11 is 0. The molecule has 0 radical (unpaired) electrons. The summed E-state index contributed by atoms with van der Waals surface area (Å²) in [5, 5.41) is 8.92. The molecule has 3 N–H and O–H groups in total. The van der Waals surface area contributed by atoms with Crippen molar-refractivity contribution in [2.24, 2.45) is 0 Å². The van der Waals surface area contributed by atoms with E-state index >= 15 is 0 Å². The van der Waals surface area contributed by atoms with Crippen molar-refractivity contribution in [3.63, 3.8) is 0 Å². The maximum absolute atomic E-state index is 12.1. The molecule has 1 aliphatic rings. The molecular weight excluding hydrogens is 266 g/mol. The average molecular weight is 283 g/mol. The first-order valence-electron chi connectivity index (χ1n) is 6.84. The number of carbonyl (C=O) groups excluding carboxylic acids is 1. The predicted octanol–water partition coefficient (Wildman–Crippen LogP) is 3.31. The highest BCUT2D eigenvalue weighted by Gasteiger charge is 2.11. The molecule has 1 aliphatic heterocycles. The largest absolute Gasteiger partial charge is 0.495 e. The second kappa shape index (κ2) is 5.75. The lowest BCUT2D eigenvalue weighted by Crippen LogP contribution is -2.19. The van der Waals surface area contributed by atoms with Gasteiger partial charge in [-0.2, -0.15) is 0 Å². The molecule has 2 aromatic rings. The monoisotopic (exact) mass is 283 g/mol. The van der Waals surface area contributed by atoms with Crippen LogP contribution in [0.3, 0.4) is 0 Å². The van der Waals surface area contributed by atoms with Crippen LogP contribution in [0.25, 0.3) is 0 Å². The van der Waals surface area contributed by atoms with Gasteiger partial charge < -0.3 is 20.7 Å². The topological polar surface area (TPSA) is 62.4 Å². The van der Waals surface area contributed by atoms with Gasteiger partial charge in [-0.15, -0.1) is 0 Å². The third-order valence-electron chi connectivity index (χ3n) is 3.43. The van der Waals surface area contributed by atoms with Crippen LogP contribution in [-0.4, -0.2) is 19.7 Å². The Kier molecular flexibility index (Phi) is 3.64. The highest BCUT2D eigenvalue weighted by molar-refractivity contribution is 6.00. The third kappa shape index (κ3) is 2.91. The quantitative estimate of drug-likeness (QED) is 0.810. The number of fused-ring (bicyclic) bond motifs is 1. The summed E-state index contributed by atoms with van der Waals surface area (Å²) in [4.78, 5) is 12.1. The van der Waals surface area contributed by atoms with Crippen LogP contribution >= 0.6 is 0 Å². The normalized spacial score (nSPS) is 12.2. The molecule has 108 valence electrons. The number of para-hydroxylation sites is 2. The van der Waals surface area contributed by atoms with Gasteiger partial charge in [-0.1, -0.05) is 12.1 Å². The summed E-state index contributed by atoms with van der Waals surface area (Å²) in [5.74, 6) is 0.630. The second-order valence-electron chi connectivity index (χ2n) is 4.83. The van der Waals surface area contributed by atoms with Crippen molar-refractivity contribution in [3.05, 3.63) is 48.0 Å². The average Bonchev–Trinajstić information content (AvgIpc) is 2.95. The number of nitrogens with one attached hydrogen (secondary N) is 3. The Bertz CT molecular complexity index is 670. The summed E-state index contributed by atoms with van der Waals surface area (Å²) in [7, 11) is 1.58. The highest BCUT2D eigenvalue weighted by atomic mass is 16.5. The number of methoxy groups -OCH3 is 1. The van der Waals surface area contributed by atoms with Crippen LogP contribution in [-0.2, 0) is 6.42 Å². The smallest absolute Gasteiger partial charge is 0.323 e. The van der Waals surface area contributed by atoms with Crippen molar-refractivity contribution >= 4 is 23.1 Å². The minimum Gasteiger partial charge on any atom is -0.495 e. The summed E-state index contributed by atoms with van der Waals surface area (Å²) in [6.07, 6.45) is 0.985. The van der Waals surface area contributed by atoms with E-state index in [0.29, 0.717) is 11.4 Å². The minimum absolute atomic E-state index is 0.287. The molecule has 0 atom stereocenters. The van der Waals surface area contributed by atoms with Crippen molar-refractivity contribution in [2.75, 3.05) is 29.6 Å². The molecule has 21 heavy (non-hydrogen) atoms. The van der Waals surface area contributed by atoms with E-state index in [2.05, 4.69) is 16.0 Å². The molecule has 0 saturated carbocycles. The van der Waals surface area contributed by atoms with E-state index in [1.807, 2.05) is 30.3 Å². The first-order chi connectivity index (χ1) is 10.3. The molecule has 0 aromatic heterocycles. The van der Waals surface area contributed by atoms with Crippen molar-refractivity contribution < 1.29 is 9.53 Å². The molecule has 2 amide bonds. The first kappa shape index (κ1) is 13.3. The number of amides is 2. The van der Waals surface area contributed by atoms with Gasteiger partial charge >= 0.3 is 6.03 Å². The van der Waals surface area contributed by atoms with Crippen molar-refractivity contribution in [3.8, 4) is 5.75 Å². The van der Waals surface area contributed by atoms with E-state index in [1.165, 1.54) is 5.56 Å². The molecule has 0 aliphatic carbocycles. The van der Waals surface area contributed by atoms with Gasteiger partial charge in [0.1, 0.15) is 5.75 Å². The van der Waals surface area contributed by atoms with Gasteiger partial charge in [0.05, 0.1) is 12.8 Å². The van der Waals surface area contributed by atoms with E-state index in [-0.39, 0.29) is 6.03 Å². The van der Waals surface area contributed by atoms with Gasteiger partial charge in [0, 0.05) is 17.9 Å². The van der Waals surface area contributed by atoms with Crippen LogP contribution < -0.4 is 20.7 Å². The number of carbonyl (C=O) groups is 1. The van der Waals surface area contributed by atoms with Gasteiger partial charge in [0.2, 0.25) is 0 Å². The maximum Gasteiger partial charge on any atom is 0.323 e. The van der Waals surface area contributed by atoms with Crippen molar-refractivity contribution in [1.82, 2.24) is 0 Å². The van der Waals surface area contributed by atoms with Crippen LogP contribution in [0.5, 0.6) is 5.75 Å². The number of anilines is 3. The molecule has 0 saturated heterocycles. The Morgan fingerprint density at radius 3 is 2.90 bits per heavy atom. The maximum atomic E-state index is 12.1. The van der Waals surface area contributed by atoms with Crippen LogP contribution in [0, 0.1) is 0 Å². The van der Waals surface area contributed by atoms with Gasteiger partial charge in [0.15, 0.2) is 0 Å². The Labute approximate surface area is 123 Å². The van der Waals surface area contributed by atoms with E-state index in [4.69, 9.17) is 4.74 Å². The fourth-order valence-electron chi connectivity index (χ4n) is 2.42. The van der Waals surface area contributed by atoms with Crippen LogP contribution in [0.1, 0.15) is 5.56 Å². The summed E-state index contributed by atoms with van der Waals surface area (Å²) in [6.45, 7) is 0.951. The number of ether oxygens (including phenoxy) is 1. The van der Waals surface area contributed by atoms with Gasteiger partial charge in [-0.05, 0) is 42.3 Å². The van der Waals surface area contributed by atoms with Gasteiger partial charge in [-0.3, -0.25) is 0 Å². The molecule has 5 heteroatoms. The van der Waals surface area contributed by atoms with E-state index < -0.39 is 0 Å². The van der Waals surface area contributed by atoms with E-state index in [1.54, 1.807) is 19.2 Å². The molecular formula is C16H17N3O2. The molecule has 0 spiro atoms. The molecule has 0 fully saturated rings. The molecule has 0 unspecified atom stereocenters. The van der Waals surface area contributed by atoms with Gasteiger partial charge in [0.25, 0.3) is 0 Å². The number of hydrogen-bond donors (Lipinski definition) is 3. The lowest BCUT2D eigenvalue weighted by molar-refractivity contribution is 0.262. The molecule has 1 heterocycles. The number of rotatable bonds is 3. The zero-order valence-corrected chi connectivity index (χ0v) is 11.8. The lowest BCUT2D eigenvalue weighted by atomic mass is 10.1. The molecule has 5 nitrogen and oxygen atoms in total. The van der Waals surface area contributed by atoms with E-state index in [0.717, 1.165) is 24.3 Å². The third-order valence-corrected chi connectivity index (χ3v) is 3.43. The molecule has 2 aromatic carbocycles. The Morgan fingerprint density at radius 1 is 1.19 bits per heavy atom. The van der Waals surface area contributed by atoms with Crippen molar-refractivity contribution in [1.29, 1.82) is 0 Å². The van der Waals surface area contributed by atoms with Gasteiger partial charge in [-0.25, -0.2) is 4.79 Å². The molecule has 3 rings (SSSR count). The minimum atomic E-state index is -0.287. The second-order valence-corrected chi connectivity index (χ2v) is 4.83. The SMILES string of the molecule is COc1ccccc1NC(=O)Nc1ccc2c(c1)CCN2. The number of urea groups is 1. The Morgan fingerprint density at radius 2 is 2.05 bits per heavy atom. The fourth-order valence-corrected chi connectivity index (χ4v) is 2.42. The number of benzene rings is 2. The fraction of sp³-hybridized carbons (Fsp3) is 0.188. The Hall–Kier alpha value is -2.69. The standard InChI is InChI=1S/C16H17N3O2/c1-21-15-5-3-2-4-14(15)19-16(20)18-12-6-7-13-11(10-12)8-9-17-13/h2-7,10,17H,8-9H2,1H3,(H2,18,19,20). The van der Waals surface area contributed by atoms with Crippen LogP contribution in [0.2, 0.25) is 0 Å². The Balaban J connectivity index is 1.69. The zero-order chi connectivity index (χ0) is 14.7. The predicted molar refractivity (Wildman–Crippen MR) is 84.3 cm³/mol. The van der Waals surface area contributed by atoms with E-state index in [9.17, 15) is 4.79 Å². The summed E-state index contributed by atoms with van der Waals surface area (Å²) < 4.78 is 5.21.